The fourth-order valence-corrected chi connectivity index (χ4v) is 2.43. The second-order valence-corrected chi connectivity index (χ2v) is 5.62. The average molecular weight is 538 g/mol. The van der Waals surface area contributed by atoms with Gasteiger partial charge in [0.1, 0.15) is 0 Å². The predicted octanol–water partition coefficient (Wildman–Crippen LogP) is 7.40. The Labute approximate surface area is 158 Å². The fourth-order valence-electron chi connectivity index (χ4n) is 2.43. The van der Waals surface area contributed by atoms with E-state index >= 15 is 0 Å². The molecule has 0 saturated carbocycles. The highest BCUT2D eigenvalue weighted by molar-refractivity contribution is 5.27. The van der Waals surface area contributed by atoms with Crippen LogP contribution in [0.15, 0.2) is 0 Å². The summed E-state index contributed by atoms with van der Waals surface area (Å²) in [4.78, 5) is 0. The summed E-state index contributed by atoms with van der Waals surface area (Å²) >= 11 is 0. The Hall–Kier alpha value is -1.54. The summed E-state index contributed by atoms with van der Waals surface area (Å²) < 4.78 is 282. The van der Waals surface area contributed by atoms with Gasteiger partial charge in [-0.15, -0.1) is 0 Å². The van der Waals surface area contributed by atoms with E-state index in [2.05, 4.69) is 0 Å². The first-order valence-corrected chi connectivity index (χ1v) is 6.41. The molecule has 0 aromatic rings. The van der Waals surface area contributed by atoms with E-state index in [0.29, 0.717) is 0 Å². The average Bonchev–Trinajstić information content (AvgIpc) is 2.39. The second kappa shape index (κ2) is 6.98. The molecule has 0 saturated heterocycles. The van der Waals surface area contributed by atoms with Gasteiger partial charge in [-0.25, -0.2) is 4.39 Å². The predicted molar refractivity (Wildman–Crippen MR) is 51.4 cm³/mol. The van der Waals surface area contributed by atoms with Crippen molar-refractivity contribution >= 4 is 0 Å². The molecule has 0 aliphatic heterocycles. The largest absolute Gasteiger partial charge is 0.457 e. The summed E-state index contributed by atoms with van der Waals surface area (Å²) in [6.45, 7) is 0. The summed E-state index contributed by atoms with van der Waals surface area (Å²) in [5.74, 6) is -28.7. The Morgan fingerprint density at radius 1 is 0.219 bits per heavy atom. The zero-order valence-corrected chi connectivity index (χ0v) is 13.3. The molecule has 0 amide bonds. The molecule has 0 N–H and O–H groups in total. The fraction of sp³-hybridized carbons (Fsp3) is 1.00. The van der Waals surface area contributed by atoms with Gasteiger partial charge in [0.2, 0.25) is 0 Å². The van der Waals surface area contributed by atoms with E-state index in [1.54, 1.807) is 0 Å². The lowest BCUT2D eigenvalue weighted by Gasteiger charge is -2.54. The van der Waals surface area contributed by atoms with E-state index in [1.807, 2.05) is 0 Å². The third kappa shape index (κ3) is 3.40. The molecule has 194 valence electrons. The van der Waals surface area contributed by atoms with Gasteiger partial charge in [-0.1, -0.05) is 0 Å². The molecule has 0 aromatic carbocycles. The molecule has 0 fully saturated rings. The van der Waals surface area contributed by atoms with Gasteiger partial charge in [0.25, 0.3) is 5.41 Å². The molecular formula is C10F22. The summed E-state index contributed by atoms with van der Waals surface area (Å²) in [5, 5.41) is 0. The Balaban J connectivity index is 8.71. The first-order valence-electron chi connectivity index (χ1n) is 6.41. The topological polar surface area (TPSA) is 0 Å². The Morgan fingerprint density at radius 3 is 0.562 bits per heavy atom. The zero-order valence-electron chi connectivity index (χ0n) is 13.3. The molecule has 0 aliphatic rings. The maximum absolute atomic E-state index is 14.2. The van der Waals surface area contributed by atoms with Gasteiger partial charge in [-0.3, -0.25) is 0 Å². The molecule has 0 rings (SSSR count). The van der Waals surface area contributed by atoms with Crippen LogP contribution in [0.4, 0.5) is 96.6 Å². The molecule has 0 bridgehead atoms. The molecule has 0 unspecified atom stereocenters. The van der Waals surface area contributed by atoms with Gasteiger partial charge in [0.05, 0.1) is 0 Å². The molecule has 1 atom stereocenters. The number of hydrogen-bond acceptors (Lipinski definition) is 0. The Morgan fingerprint density at radius 2 is 0.438 bits per heavy atom. The molecule has 22 heteroatoms. The van der Waals surface area contributed by atoms with Gasteiger partial charge in [-0.2, -0.15) is 92.2 Å². The van der Waals surface area contributed by atoms with Crippen LogP contribution >= 0.6 is 0 Å². The first kappa shape index (κ1) is 30.5. The van der Waals surface area contributed by atoms with Crippen LogP contribution in [0.3, 0.4) is 0 Å². The first-order chi connectivity index (χ1) is 13.2. The van der Waals surface area contributed by atoms with Crippen LogP contribution in [0.1, 0.15) is 0 Å². The van der Waals surface area contributed by atoms with E-state index in [0.717, 1.165) is 0 Å². The van der Waals surface area contributed by atoms with E-state index < -0.39 is 59.7 Å². The number of halogens is 22. The highest BCUT2D eigenvalue weighted by Crippen LogP contribution is 2.77. The Bertz CT molecular complexity index is 650. The molecule has 0 aliphatic carbocycles. The molecule has 0 spiro atoms. The van der Waals surface area contributed by atoms with E-state index in [9.17, 15) is 96.6 Å². The van der Waals surface area contributed by atoms with E-state index in [1.165, 1.54) is 0 Å². The highest BCUT2D eigenvalue weighted by Gasteiger charge is 3.07. The maximum atomic E-state index is 14.2. The second-order valence-electron chi connectivity index (χ2n) is 5.62. The smallest absolute Gasteiger partial charge is 0.225 e. The summed E-state index contributed by atoms with van der Waals surface area (Å²) in [6, 6.07) is 0. The van der Waals surface area contributed by atoms with Gasteiger partial charge in [0.15, 0.2) is 0 Å². The van der Waals surface area contributed by atoms with Crippen molar-refractivity contribution in [3.05, 3.63) is 0 Å². The molecule has 0 nitrogen and oxygen atoms in total. The van der Waals surface area contributed by atoms with Crippen molar-refractivity contribution < 1.29 is 96.6 Å². The lowest BCUT2D eigenvalue weighted by molar-refractivity contribution is -0.536. The summed E-state index contributed by atoms with van der Waals surface area (Å²) in [5.41, 5.74) is -20.2. The third-order valence-corrected chi connectivity index (χ3v) is 3.78. The monoisotopic (exact) mass is 538 g/mol. The summed E-state index contributed by atoms with van der Waals surface area (Å²) in [6.07, 6.45) is -45.1. The Kier molecular flexibility index (Phi) is 6.65. The lowest BCUT2D eigenvalue weighted by atomic mass is 9.59. The van der Waals surface area contributed by atoms with Crippen LogP contribution in [-0.2, 0) is 0 Å². The SMILES string of the molecule is FC(F)(F)C(F)(F)C(C(F)(F)F)(C(F)(F)C(F)(F)F)[C@@](F)(C(F)(F)F)C(F)(F)C(F)(F)F. The minimum Gasteiger partial charge on any atom is -0.225 e. The quantitative estimate of drug-likeness (QED) is 0.328. The minimum absolute atomic E-state index is 8.68. The number of hydrogen-bond donors (Lipinski definition) is 0. The van der Waals surface area contributed by atoms with Crippen molar-refractivity contribution in [2.45, 2.75) is 54.3 Å². The third-order valence-electron chi connectivity index (χ3n) is 3.78. The molecular weight excluding hydrogens is 538 g/mol. The van der Waals surface area contributed by atoms with E-state index in [4.69, 9.17) is 0 Å². The van der Waals surface area contributed by atoms with Gasteiger partial charge >= 0.3 is 54.3 Å². The van der Waals surface area contributed by atoms with Crippen LogP contribution in [0.2, 0.25) is 0 Å². The van der Waals surface area contributed by atoms with E-state index in [-0.39, 0.29) is 0 Å². The van der Waals surface area contributed by atoms with Gasteiger partial charge < -0.3 is 0 Å². The van der Waals surface area contributed by atoms with Crippen molar-refractivity contribution in [3.8, 4) is 0 Å². The zero-order chi connectivity index (χ0) is 27.0. The maximum Gasteiger partial charge on any atom is 0.457 e. The van der Waals surface area contributed by atoms with Crippen LogP contribution in [0, 0.1) is 5.41 Å². The van der Waals surface area contributed by atoms with Crippen LogP contribution < -0.4 is 0 Å². The van der Waals surface area contributed by atoms with Crippen molar-refractivity contribution in [2.75, 3.05) is 0 Å². The molecule has 0 aromatic heterocycles. The standard InChI is InChI=1S/C10F22/c11-2(7(21,22)23,5(16,17)10(30,31)32)1(6(18,19)20,3(12,13)8(24,25)26)4(14,15)9(27,28)29/t2-/m0/s1. The molecule has 0 heterocycles. The minimum atomic E-state index is -10.2. The van der Waals surface area contributed by atoms with Crippen molar-refractivity contribution in [2.24, 2.45) is 5.41 Å². The van der Waals surface area contributed by atoms with Gasteiger partial charge in [0, 0.05) is 0 Å². The summed E-state index contributed by atoms with van der Waals surface area (Å²) in [7, 11) is 0. The van der Waals surface area contributed by atoms with Crippen LogP contribution in [0.25, 0.3) is 0 Å². The molecule has 0 radical (unpaired) electrons. The normalized spacial score (nSPS) is 18.6. The van der Waals surface area contributed by atoms with Crippen LogP contribution in [-0.4, -0.2) is 54.3 Å². The molecule has 32 heavy (non-hydrogen) atoms. The number of alkyl halides is 22. The lowest BCUT2D eigenvalue weighted by Crippen LogP contribution is -2.86. The van der Waals surface area contributed by atoms with Crippen molar-refractivity contribution in [1.82, 2.24) is 0 Å². The highest BCUT2D eigenvalue weighted by atomic mass is 19.5. The van der Waals surface area contributed by atoms with Crippen molar-refractivity contribution in [3.63, 3.8) is 0 Å². The van der Waals surface area contributed by atoms with Crippen LogP contribution in [0.5, 0.6) is 0 Å². The van der Waals surface area contributed by atoms with Crippen molar-refractivity contribution in [1.29, 1.82) is 0 Å². The number of rotatable bonds is 4. The van der Waals surface area contributed by atoms with Gasteiger partial charge in [-0.05, 0) is 0 Å².